The summed E-state index contributed by atoms with van der Waals surface area (Å²) in [7, 11) is 3.83. The maximum Gasteiger partial charge on any atom is 0.261 e. The Morgan fingerprint density at radius 1 is 1.21 bits per heavy atom. The lowest BCUT2D eigenvalue weighted by molar-refractivity contribution is -0.0810. The predicted molar refractivity (Wildman–Crippen MR) is 112 cm³/mol. The smallest absolute Gasteiger partial charge is 0.261 e. The molecule has 0 unspecified atom stereocenters. The number of hydrogen-bond acceptors (Lipinski definition) is 4. The summed E-state index contributed by atoms with van der Waals surface area (Å²) in [6.07, 6.45) is 4.36. The molecule has 1 aromatic carbocycles. The molecule has 1 aliphatic heterocycles. The van der Waals surface area contributed by atoms with Crippen LogP contribution in [0.4, 0.5) is 0 Å². The summed E-state index contributed by atoms with van der Waals surface area (Å²) in [6, 6.07) is 11.2. The van der Waals surface area contributed by atoms with Gasteiger partial charge in [-0.2, -0.15) is 0 Å². The number of likely N-dealkylation sites (N-methyl/N-ethyl adjacent to an activating group) is 1. The number of benzene rings is 1. The number of rotatable bonds is 3. The molecule has 1 amide bonds. The number of carbonyl (C=O) groups excluding carboxylic acids is 1. The molecule has 2 aliphatic rings. The molecule has 2 atom stereocenters. The van der Waals surface area contributed by atoms with E-state index in [1.54, 1.807) is 11.0 Å². The molecule has 6 nitrogen and oxygen atoms in total. The van der Waals surface area contributed by atoms with Gasteiger partial charge in [0.2, 0.25) is 0 Å². The second-order valence-electron chi connectivity index (χ2n) is 8.49. The summed E-state index contributed by atoms with van der Waals surface area (Å²) in [5, 5.41) is 11.5. The van der Waals surface area contributed by atoms with Crippen molar-refractivity contribution in [1.82, 2.24) is 14.8 Å². The molecule has 0 bridgehead atoms. The number of nitrogens with zero attached hydrogens (tertiary/aromatic N) is 2. The van der Waals surface area contributed by atoms with E-state index in [1.165, 1.54) is 0 Å². The predicted octanol–water partition coefficient (Wildman–Crippen LogP) is 1.92. The summed E-state index contributed by atoms with van der Waals surface area (Å²) < 4.78 is 0. The van der Waals surface area contributed by atoms with Crippen molar-refractivity contribution in [1.29, 1.82) is 0 Å². The zero-order chi connectivity index (χ0) is 20.6. The van der Waals surface area contributed by atoms with Crippen molar-refractivity contribution < 1.29 is 9.90 Å². The number of aromatic amines is 1. The molecule has 0 spiro atoms. The second-order valence-corrected chi connectivity index (χ2v) is 8.49. The van der Waals surface area contributed by atoms with Gasteiger partial charge in [0.25, 0.3) is 11.5 Å². The Labute approximate surface area is 171 Å². The minimum Gasteiger partial charge on any atom is -0.383 e. The zero-order valence-corrected chi connectivity index (χ0v) is 17.1. The number of fused-ring (bicyclic) bond motifs is 1. The minimum atomic E-state index is -1.04. The second kappa shape index (κ2) is 7.76. The fraction of sp³-hybridized carbons (Fsp3) is 0.478. The number of aliphatic hydroxyl groups is 1. The van der Waals surface area contributed by atoms with Crippen LogP contribution in [0.5, 0.6) is 0 Å². The largest absolute Gasteiger partial charge is 0.383 e. The number of pyridine rings is 1. The number of likely N-dealkylation sites (tertiary alicyclic amines) is 1. The number of H-pyrrole nitrogens is 1. The number of carbonyl (C=O) groups is 1. The summed E-state index contributed by atoms with van der Waals surface area (Å²) in [5.41, 5.74) is 1.79. The average Bonchev–Trinajstić information content (AvgIpc) is 2.73. The van der Waals surface area contributed by atoms with Gasteiger partial charge in [0.15, 0.2) is 0 Å². The number of amides is 1. The third-order valence-electron chi connectivity index (χ3n) is 6.46. The van der Waals surface area contributed by atoms with Crippen LogP contribution in [-0.2, 0) is 18.4 Å². The molecular weight excluding hydrogens is 366 g/mol. The zero-order valence-electron chi connectivity index (χ0n) is 17.1. The van der Waals surface area contributed by atoms with E-state index in [4.69, 9.17) is 0 Å². The minimum absolute atomic E-state index is 0.216. The molecule has 29 heavy (non-hydrogen) atoms. The molecule has 1 aromatic heterocycles. The highest BCUT2D eigenvalue weighted by Crippen LogP contribution is 2.35. The van der Waals surface area contributed by atoms with Gasteiger partial charge in [0.05, 0.1) is 6.04 Å². The lowest BCUT2D eigenvalue weighted by Crippen LogP contribution is -2.60. The van der Waals surface area contributed by atoms with Crippen molar-refractivity contribution >= 4 is 5.91 Å². The fourth-order valence-corrected chi connectivity index (χ4v) is 4.77. The first-order valence-corrected chi connectivity index (χ1v) is 10.4. The van der Waals surface area contributed by atoms with E-state index in [-0.39, 0.29) is 23.1 Å². The molecule has 2 heterocycles. The molecule has 2 aromatic rings. The van der Waals surface area contributed by atoms with Gasteiger partial charge in [-0.3, -0.25) is 9.59 Å². The number of aromatic nitrogens is 1. The van der Waals surface area contributed by atoms with Gasteiger partial charge in [-0.15, -0.1) is 0 Å². The van der Waals surface area contributed by atoms with Crippen molar-refractivity contribution in [2.45, 2.75) is 43.7 Å². The molecule has 154 valence electrons. The first-order valence-electron chi connectivity index (χ1n) is 10.4. The number of aryl methyl sites for hydroxylation is 2. The standard InChI is InChI=1S/C23H29N3O3/c1-25(2)20-15-26(13-12-23(20,29)17-9-4-3-5-10-17)22(28)18-14-16-8-6-7-11-19(16)24-21(18)27/h3-5,9-10,14,20,29H,6-8,11-13,15H2,1-2H3,(H,24,27)/t20-,23+/m1/s1. The van der Waals surface area contributed by atoms with Crippen LogP contribution < -0.4 is 5.56 Å². The summed E-state index contributed by atoms with van der Waals surface area (Å²) in [4.78, 5) is 32.4. The van der Waals surface area contributed by atoms with Crippen LogP contribution in [0.3, 0.4) is 0 Å². The molecule has 1 saturated heterocycles. The van der Waals surface area contributed by atoms with Gasteiger partial charge < -0.3 is 19.9 Å². The Morgan fingerprint density at radius 2 is 1.93 bits per heavy atom. The van der Waals surface area contributed by atoms with Gasteiger partial charge in [0, 0.05) is 18.8 Å². The van der Waals surface area contributed by atoms with Crippen molar-refractivity contribution in [3.63, 3.8) is 0 Å². The van der Waals surface area contributed by atoms with Gasteiger partial charge >= 0.3 is 0 Å². The lowest BCUT2D eigenvalue weighted by Gasteiger charge is -2.47. The highest BCUT2D eigenvalue weighted by molar-refractivity contribution is 5.94. The summed E-state index contributed by atoms with van der Waals surface area (Å²) >= 11 is 0. The van der Waals surface area contributed by atoms with E-state index < -0.39 is 5.60 Å². The highest BCUT2D eigenvalue weighted by atomic mass is 16.3. The Hall–Kier alpha value is -2.44. The third-order valence-corrected chi connectivity index (χ3v) is 6.46. The Balaban J connectivity index is 1.61. The number of nitrogens with one attached hydrogen (secondary N) is 1. The number of piperidine rings is 1. The Morgan fingerprint density at radius 3 is 2.66 bits per heavy atom. The molecule has 0 saturated carbocycles. The summed E-state index contributed by atoms with van der Waals surface area (Å²) in [6.45, 7) is 0.777. The van der Waals surface area contributed by atoms with Crippen LogP contribution in [-0.4, -0.2) is 59.0 Å². The SMILES string of the molecule is CN(C)[C@@H]1CN(C(=O)c2cc3c([nH]c2=O)CCCC3)CC[C@]1(O)c1ccccc1. The van der Waals surface area contributed by atoms with Gasteiger partial charge in [-0.1, -0.05) is 30.3 Å². The third kappa shape index (κ3) is 3.63. The van der Waals surface area contributed by atoms with Gasteiger partial charge in [-0.25, -0.2) is 0 Å². The van der Waals surface area contributed by atoms with E-state index in [0.717, 1.165) is 42.5 Å². The van der Waals surface area contributed by atoms with Crippen molar-refractivity contribution in [2.75, 3.05) is 27.2 Å². The molecule has 2 N–H and O–H groups in total. The lowest BCUT2D eigenvalue weighted by atomic mass is 9.79. The van der Waals surface area contributed by atoms with Crippen molar-refractivity contribution in [3.05, 3.63) is 69.1 Å². The Kier molecular flexibility index (Phi) is 5.32. The monoisotopic (exact) mass is 395 g/mol. The van der Waals surface area contributed by atoms with E-state index >= 15 is 0 Å². The van der Waals surface area contributed by atoms with Gasteiger partial charge in [0.1, 0.15) is 11.2 Å². The van der Waals surface area contributed by atoms with Crippen LogP contribution in [0.1, 0.15) is 46.4 Å². The average molecular weight is 396 g/mol. The van der Waals surface area contributed by atoms with E-state index in [0.29, 0.717) is 19.5 Å². The van der Waals surface area contributed by atoms with Crippen molar-refractivity contribution in [2.24, 2.45) is 0 Å². The highest BCUT2D eigenvalue weighted by Gasteiger charge is 2.45. The topological polar surface area (TPSA) is 76.6 Å². The van der Waals surface area contributed by atoms with E-state index in [2.05, 4.69) is 4.98 Å². The molecule has 0 radical (unpaired) electrons. The first kappa shape index (κ1) is 19.9. The maximum absolute atomic E-state index is 13.2. The maximum atomic E-state index is 13.2. The van der Waals surface area contributed by atoms with Crippen molar-refractivity contribution in [3.8, 4) is 0 Å². The molecule has 1 aliphatic carbocycles. The molecule has 4 rings (SSSR count). The number of hydrogen-bond donors (Lipinski definition) is 2. The molecule has 6 heteroatoms. The van der Waals surface area contributed by atoms with Crippen LogP contribution in [0.2, 0.25) is 0 Å². The Bertz CT molecular complexity index is 954. The van der Waals surface area contributed by atoms with E-state index in [9.17, 15) is 14.7 Å². The van der Waals surface area contributed by atoms with E-state index in [1.807, 2.05) is 49.3 Å². The normalized spacial score (nSPS) is 24.4. The fourth-order valence-electron chi connectivity index (χ4n) is 4.77. The summed E-state index contributed by atoms with van der Waals surface area (Å²) in [5.74, 6) is -0.249. The van der Waals surface area contributed by atoms with Gasteiger partial charge in [-0.05, 0) is 63.4 Å². The quantitative estimate of drug-likeness (QED) is 0.833. The molecular formula is C23H29N3O3. The van der Waals surface area contributed by atoms with Crippen LogP contribution in [0.15, 0.2) is 41.2 Å². The first-order chi connectivity index (χ1) is 13.9. The van der Waals surface area contributed by atoms with Crippen LogP contribution >= 0.6 is 0 Å². The molecule has 1 fully saturated rings. The van der Waals surface area contributed by atoms with Crippen LogP contribution in [0, 0.1) is 0 Å². The van der Waals surface area contributed by atoms with Crippen LogP contribution in [0.25, 0.3) is 0 Å².